The predicted octanol–water partition coefficient (Wildman–Crippen LogP) is -0.224. The summed E-state index contributed by atoms with van der Waals surface area (Å²) in [5.74, 6) is 0.00811. The molecule has 1 aromatic heterocycles. The maximum atomic E-state index is 12.3. The fourth-order valence-corrected chi connectivity index (χ4v) is 2.68. The molecular formula is C15H25N4O3+. The maximum absolute atomic E-state index is 12.3. The zero-order valence-corrected chi connectivity index (χ0v) is 13.3. The number of rotatable bonds is 7. The molecular weight excluding hydrogens is 284 g/mol. The third-order valence-electron chi connectivity index (χ3n) is 3.89. The van der Waals surface area contributed by atoms with E-state index in [0.717, 1.165) is 19.6 Å². The van der Waals surface area contributed by atoms with E-state index >= 15 is 0 Å². The highest BCUT2D eigenvalue weighted by Gasteiger charge is 2.23. The van der Waals surface area contributed by atoms with Crippen LogP contribution < -0.4 is 10.2 Å². The normalized spacial score (nSPS) is 15.2. The predicted molar refractivity (Wildman–Crippen MR) is 81.3 cm³/mol. The fourth-order valence-electron chi connectivity index (χ4n) is 2.68. The molecule has 0 atom stereocenters. The Hall–Kier alpha value is -1.89. The van der Waals surface area contributed by atoms with Crippen molar-refractivity contribution in [1.82, 2.24) is 10.1 Å². The second-order valence-corrected chi connectivity index (χ2v) is 6.05. The number of nitrogens with one attached hydrogen (secondary N) is 2. The summed E-state index contributed by atoms with van der Waals surface area (Å²) in [5.41, 5.74) is 0. The lowest BCUT2D eigenvalue weighted by molar-refractivity contribution is -0.886. The van der Waals surface area contributed by atoms with E-state index in [9.17, 15) is 9.59 Å². The highest BCUT2D eigenvalue weighted by molar-refractivity contribution is 5.93. The number of carbonyl (C=O) groups is 2. The number of anilines is 1. The van der Waals surface area contributed by atoms with Crippen molar-refractivity contribution in [3.63, 3.8) is 0 Å². The van der Waals surface area contributed by atoms with Crippen molar-refractivity contribution in [1.29, 1.82) is 0 Å². The van der Waals surface area contributed by atoms with Crippen molar-refractivity contribution >= 4 is 17.6 Å². The molecule has 1 fully saturated rings. The van der Waals surface area contributed by atoms with Gasteiger partial charge in [-0.15, -0.1) is 0 Å². The number of carbonyl (C=O) groups excluding carboxylic acids is 2. The second kappa shape index (κ2) is 7.93. The van der Waals surface area contributed by atoms with Gasteiger partial charge in [0, 0.05) is 24.8 Å². The minimum absolute atomic E-state index is 0.00824. The summed E-state index contributed by atoms with van der Waals surface area (Å²) in [4.78, 5) is 27.5. The first kappa shape index (κ1) is 16.5. The van der Waals surface area contributed by atoms with E-state index in [4.69, 9.17) is 0 Å². The van der Waals surface area contributed by atoms with Crippen LogP contribution in [0.15, 0.2) is 16.9 Å². The van der Waals surface area contributed by atoms with E-state index in [-0.39, 0.29) is 24.3 Å². The van der Waals surface area contributed by atoms with Crippen LogP contribution >= 0.6 is 0 Å². The molecule has 2 rings (SSSR count). The van der Waals surface area contributed by atoms with Gasteiger partial charge in [-0.05, 0) is 0 Å². The summed E-state index contributed by atoms with van der Waals surface area (Å²) in [5, 5.41) is 6.27. The first-order valence-corrected chi connectivity index (χ1v) is 7.89. The molecule has 0 spiro atoms. The van der Waals surface area contributed by atoms with Crippen molar-refractivity contribution in [2.45, 2.75) is 26.7 Å². The average Bonchev–Trinajstić information content (AvgIpc) is 3.15. The zero-order valence-electron chi connectivity index (χ0n) is 13.3. The van der Waals surface area contributed by atoms with Gasteiger partial charge in [0.25, 0.3) is 0 Å². The Labute approximate surface area is 130 Å². The molecule has 0 saturated carbocycles. The number of hydrogen-bond acceptors (Lipinski definition) is 4. The van der Waals surface area contributed by atoms with Crippen LogP contribution in [0.3, 0.4) is 0 Å². The Morgan fingerprint density at radius 2 is 2.14 bits per heavy atom. The van der Waals surface area contributed by atoms with Gasteiger partial charge >= 0.3 is 0 Å². The van der Waals surface area contributed by atoms with Gasteiger partial charge in [0.2, 0.25) is 11.8 Å². The average molecular weight is 309 g/mol. The van der Waals surface area contributed by atoms with Gasteiger partial charge in [-0.2, -0.15) is 0 Å². The molecule has 1 saturated heterocycles. The van der Waals surface area contributed by atoms with Crippen LogP contribution in [-0.4, -0.2) is 54.6 Å². The van der Waals surface area contributed by atoms with Crippen LogP contribution in [0.2, 0.25) is 0 Å². The van der Waals surface area contributed by atoms with Crippen molar-refractivity contribution in [2.75, 3.05) is 38.0 Å². The van der Waals surface area contributed by atoms with E-state index in [2.05, 4.69) is 15.0 Å². The lowest BCUT2D eigenvalue weighted by Gasteiger charge is -2.25. The number of quaternary nitrogens is 1. The molecule has 2 heterocycles. The van der Waals surface area contributed by atoms with Crippen LogP contribution in [0.1, 0.15) is 26.7 Å². The molecule has 22 heavy (non-hydrogen) atoms. The molecule has 0 bridgehead atoms. The fraction of sp³-hybridized carbons (Fsp3) is 0.667. The van der Waals surface area contributed by atoms with Crippen LogP contribution in [-0.2, 0) is 9.59 Å². The molecule has 1 aromatic rings. The first-order valence-electron chi connectivity index (χ1n) is 7.89. The van der Waals surface area contributed by atoms with Gasteiger partial charge < -0.3 is 19.6 Å². The Balaban J connectivity index is 1.88. The third-order valence-corrected chi connectivity index (χ3v) is 3.89. The summed E-state index contributed by atoms with van der Waals surface area (Å²) in [6, 6.07) is 1.57. The maximum Gasteiger partial charge on any atom is 0.245 e. The van der Waals surface area contributed by atoms with E-state index in [1.165, 1.54) is 24.0 Å². The highest BCUT2D eigenvalue weighted by Crippen LogP contribution is 2.04. The smallest absolute Gasteiger partial charge is 0.245 e. The van der Waals surface area contributed by atoms with Crippen LogP contribution in [0.4, 0.5) is 5.82 Å². The highest BCUT2D eigenvalue weighted by atomic mass is 16.5. The number of likely N-dealkylation sites (tertiary alicyclic amines) is 1. The number of aromatic nitrogens is 1. The Morgan fingerprint density at radius 1 is 1.41 bits per heavy atom. The van der Waals surface area contributed by atoms with Gasteiger partial charge in [0.05, 0.1) is 26.2 Å². The van der Waals surface area contributed by atoms with E-state index in [1.807, 2.05) is 13.8 Å². The topological polar surface area (TPSA) is 79.9 Å². The number of nitrogens with zero attached hydrogens (tertiary/aromatic N) is 2. The summed E-state index contributed by atoms with van der Waals surface area (Å²) in [6.07, 6.45) is 3.89. The van der Waals surface area contributed by atoms with Crippen LogP contribution in [0.5, 0.6) is 0 Å². The van der Waals surface area contributed by atoms with Crippen molar-refractivity contribution in [3.05, 3.63) is 12.3 Å². The molecule has 1 aliphatic heterocycles. The molecule has 0 aromatic carbocycles. The largest absolute Gasteiger partial charge is 0.363 e. The summed E-state index contributed by atoms with van der Waals surface area (Å²) in [6.45, 7) is 7.59. The minimum Gasteiger partial charge on any atom is -0.363 e. The summed E-state index contributed by atoms with van der Waals surface area (Å²) in [7, 11) is 0. The lowest BCUT2D eigenvalue weighted by atomic mass is 10.2. The molecule has 0 radical (unpaired) electrons. The van der Waals surface area contributed by atoms with Gasteiger partial charge in [-0.3, -0.25) is 9.59 Å². The lowest BCUT2D eigenvalue weighted by Crippen LogP contribution is -3.10. The van der Waals surface area contributed by atoms with Crippen molar-refractivity contribution in [2.24, 2.45) is 5.92 Å². The van der Waals surface area contributed by atoms with E-state index in [1.54, 1.807) is 11.0 Å². The monoisotopic (exact) mass is 309 g/mol. The Kier molecular flexibility index (Phi) is 5.94. The third kappa shape index (κ3) is 4.84. The molecule has 1 aliphatic rings. The second-order valence-electron chi connectivity index (χ2n) is 6.05. The molecule has 2 N–H and O–H groups in total. The van der Waals surface area contributed by atoms with Crippen LogP contribution in [0.25, 0.3) is 0 Å². The molecule has 2 amide bonds. The zero-order chi connectivity index (χ0) is 15.9. The quantitative estimate of drug-likeness (QED) is 0.729. The molecule has 7 nitrogen and oxygen atoms in total. The summed E-state index contributed by atoms with van der Waals surface area (Å²) < 4.78 is 4.67. The van der Waals surface area contributed by atoms with Gasteiger partial charge in [-0.25, -0.2) is 0 Å². The SMILES string of the molecule is CC(C)C(=O)N(CC[NH+]1CCCC1)CC(=O)Nc1ccon1. The molecule has 122 valence electrons. The standard InChI is InChI=1S/C15H24N4O3/c1-12(2)15(21)19(9-8-18-6-3-4-7-18)11-14(20)16-13-5-10-22-17-13/h5,10,12H,3-4,6-9,11H2,1-2H3,(H,16,17,20)/p+1. The summed E-state index contributed by atoms with van der Waals surface area (Å²) >= 11 is 0. The Morgan fingerprint density at radius 3 is 2.73 bits per heavy atom. The minimum atomic E-state index is -0.251. The van der Waals surface area contributed by atoms with Gasteiger partial charge in [0.1, 0.15) is 12.8 Å². The molecule has 0 unspecified atom stereocenters. The Bertz CT molecular complexity index is 481. The van der Waals surface area contributed by atoms with Gasteiger partial charge in [0.15, 0.2) is 5.82 Å². The molecule has 0 aliphatic carbocycles. The van der Waals surface area contributed by atoms with Crippen molar-refractivity contribution in [3.8, 4) is 0 Å². The molecule has 7 heteroatoms. The van der Waals surface area contributed by atoms with E-state index < -0.39 is 0 Å². The van der Waals surface area contributed by atoms with Crippen molar-refractivity contribution < 1.29 is 19.0 Å². The number of amides is 2. The van der Waals surface area contributed by atoms with Crippen LogP contribution in [0, 0.1) is 5.92 Å². The first-order chi connectivity index (χ1) is 10.6. The van der Waals surface area contributed by atoms with E-state index in [0.29, 0.717) is 12.4 Å². The number of hydrogen-bond donors (Lipinski definition) is 2. The van der Waals surface area contributed by atoms with Gasteiger partial charge in [-0.1, -0.05) is 19.0 Å².